The van der Waals surface area contributed by atoms with Crippen LogP contribution in [0.2, 0.25) is 0 Å². The van der Waals surface area contributed by atoms with Gasteiger partial charge in [0.15, 0.2) is 0 Å². The van der Waals surface area contributed by atoms with Crippen LogP contribution >= 0.6 is 15.9 Å². The third kappa shape index (κ3) is 4.18. The second-order valence-electron chi connectivity index (χ2n) is 5.48. The molecule has 0 fully saturated rings. The molecule has 0 saturated carbocycles. The molecule has 22 heavy (non-hydrogen) atoms. The Bertz CT molecular complexity index is 663. The van der Waals surface area contributed by atoms with E-state index in [-0.39, 0.29) is 5.91 Å². The van der Waals surface area contributed by atoms with Crippen molar-refractivity contribution < 1.29 is 9.32 Å². The van der Waals surface area contributed by atoms with Crippen LogP contribution in [0.1, 0.15) is 22.6 Å². The molecular weight excluding hydrogens is 346 g/mol. The van der Waals surface area contributed by atoms with E-state index in [2.05, 4.69) is 26.4 Å². The zero-order valence-electron chi connectivity index (χ0n) is 13.2. The van der Waals surface area contributed by atoms with Crippen LogP contribution < -0.4 is 5.32 Å². The van der Waals surface area contributed by atoms with E-state index in [0.717, 1.165) is 32.7 Å². The molecule has 0 atom stereocenters. The zero-order valence-corrected chi connectivity index (χ0v) is 14.8. The first-order chi connectivity index (χ1) is 10.4. The van der Waals surface area contributed by atoms with Crippen LogP contribution in [0.15, 0.2) is 27.2 Å². The Morgan fingerprint density at radius 1 is 1.36 bits per heavy atom. The van der Waals surface area contributed by atoms with E-state index in [1.54, 1.807) is 0 Å². The molecule has 0 bridgehead atoms. The number of benzene rings is 1. The summed E-state index contributed by atoms with van der Waals surface area (Å²) < 4.78 is 6.14. The number of nitrogens with zero attached hydrogens (tertiary/aromatic N) is 2. The Kier molecular flexibility index (Phi) is 5.37. The summed E-state index contributed by atoms with van der Waals surface area (Å²) >= 11 is 3.41. The topological polar surface area (TPSA) is 58.4 Å². The van der Waals surface area contributed by atoms with Gasteiger partial charge in [-0.25, -0.2) is 0 Å². The van der Waals surface area contributed by atoms with Gasteiger partial charge in [0.2, 0.25) is 5.91 Å². The van der Waals surface area contributed by atoms with Crippen molar-refractivity contribution in [3.8, 4) is 0 Å². The van der Waals surface area contributed by atoms with Crippen LogP contribution in [-0.2, 0) is 11.3 Å². The first-order valence-electron chi connectivity index (χ1n) is 7.03. The number of aryl methyl sites for hydroxylation is 3. The van der Waals surface area contributed by atoms with Crippen LogP contribution in [0.3, 0.4) is 0 Å². The third-order valence-electron chi connectivity index (χ3n) is 3.49. The van der Waals surface area contributed by atoms with Crippen molar-refractivity contribution >= 4 is 27.5 Å². The number of rotatable bonds is 5. The van der Waals surface area contributed by atoms with E-state index in [0.29, 0.717) is 13.1 Å². The highest BCUT2D eigenvalue weighted by Crippen LogP contribution is 2.20. The van der Waals surface area contributed by atoms with Crippen molar-refractivity contribution in [3.05, 3.63) is 45.3 Å². The van der Waals surface area contributed by atoms with E-state index >= 15 is 0 Å². The normalized spacial score (nSPS) is 11.0. The van der Waals surface area contributed by atoms with Gasteiger partial charge in [-0.3, -0.25) is 9.69 Å². The van der Waals surface area contributed by atoms with E-state index in [9.17, 15) is 4.79 Å². The van der Waals surface area contributed by atoms with Crippen LogP contribution in [0, 0.1) is 20.8 Å². The van der Waals surface area contributed by atoms with E-state index in [4.69, 9.17) is 4.52 Å². The van der Waals surface area contributed by atoms with Crippen molar-refractivity contribution in [2.24, 2.45) is 0 Å². The summed E-state index contributed by atoms with van der Waals surface area (Å²) in [4.78, 5) is 14.1. The molecule has 1 aromatic carbocycles. The molecule has 0 aliphatic carbocycles. The highest BCUT2D eigenvalue weighted by Gasteiger charge is 2.14. The number of likely N-dealkylation sites (N-methyl/N-ethyl adjacent to an activating group) is 1. The fourth-order valence-electron chi connectivity index (χ4n) is 2.26. The van der Waals surface area contributed by atoms with Crippen LogP contribution in [0.4, 0.5) is 5.69 Å². The third-order valence-corrected chi connectivity index (χ3v) is 3.98. The quantitative estimate of drug-likeness (QED) is 0.881. The molecule has 2 aromatic rings. The largest absolute Gasteiger partial charge is 0.361 e. The first kappa shape index (κ1) is 16.7. The summed E-state index contributed by atoms with van der Waals surface area (Å²) in [6.45, 7) is 6.70. The number of amides is 1. The predicted molar refractivity (Wildman–Crippen MR) is 89.8 cm³/mol. The summed E-state index contributed by atoms with van der Waals surface area (Å²) in [7, 11) is 1.90. The van der Waals surface area contributed by atoms with Crippen molar-refractivity contribution in [3.63, 3.8) is 0 Å². The maximum Gasteiger partial charge on any atom is 0.238 e. The maximum absolute atomic E-state index is 12.2. The Labute approximate surface area is 138 Å². The molecule has 0 aliphatic rings. The molecule has 6 heteroatoms. The predicted octanol–water partition coefficient (Wildman–Crippen LogP) is 3.43. The second kappa shape index (κ2) is 7.07. The van der Waals surface area contributed by atoms with Crippen LogP contribution in [-0.4, -0.2) is 29.6 Å². The SMILES string of the molecule is Cc1cc(Br)ccc1NC(=O)CN(C)Cc1c(C)noc1C. The van der Waals surface area contributed by atoms with Gasteiger partial charge in [0.05, 0.1) is 12.2 Å². The summed E-state index contributed by atoms with van der Waals surface area (Å²) in [6.07, 6.45) is 0. The number of carbonyl (C=O) groups is 1. The fraction of sp³-hybridized carbons (Fsp3) is 0.375. The molecule has 0 unspecified atom stereocenters. The molecule has 2 rings (SSSR count). The lowest BCUT2D eigenvalue weighted by Gasteiger charge is -2.16. The number of aromatic nitrogens is 1. The van der Waals surface area contributed by atoms with Crippen molar-refractivity contribution in [1.29, 1.82) is 0 Å². The van der Waals surface area contributed by atoms with Gasteiger partial charge in [0.1, 0.15) is 5.76 Å². The average Bonchev–Trinajstić information content (AvgIpc) is 2.73. The van der Waals surface area contributed by atoms with Crippen molar-refractivity contribution in [1.82, 2.24) is 10.1 Å². The minimum absolute atomic E-state index is 0.0420. The van der Waals surface area contributed by atoms with E-state index in [1.807, 2.05) is 50.9 Å². The molecule has 0 aliphatic heterocycles. The molecular formula is C16H20BrN3O2. The monoisotopic (exact) mass is 365 g/mol. The van der Waals surface area contributed by atoms with Gasteiger partial charge in [-0.15, -0.1) is 0 Å². The molecule has 118 valence electrons. The summed E-state index contributed by atoms with van der Waals surface area (Å²) in [6, 6.07) is 5.78. The standard InChI is InChI=1S/C16H20BrN3O2/c1-10-7-13(17)5-6-15(10)18-16(21)9-20(4)8-14-11(2)19-22-12(14)3/h5-7H,8-9H2,1-4H3,(H,18,21). The molecule has 0 saturated heterocycles. The number of anilines is 1. The molecule has 0 spiro atoms. The molecule has 5 nitrogen and oxygen atoms in total. The van der Waals surface area contributed by atoms with E-state index in [1.165, 1.54) is 0 Å². The number of hydrogen-bond donors (Lipinski definition) is 1. The van der Waals surface area contributed by atoms with Gasteiger partial charge in [-0.1, -0.05) is 21.1 Å². The molecule has 1 amide bonds. The summed E-state index contributed by atoms with van der Waals surface area (Å²) in [5, 5.41) is 6.87. The van der Waals surface area contributed by atoms with Crippen molar-refractivity contribution in [2.45, 2.75) is 27.3 Å². The Morgan fingerprint density at radius 2 is 2.09 bits per heavy atom. The number of hydrogen-bond acceptors (Lipinski definition) is 4. The Hall–Kier alpha value is -1.66. The van der Waals surface area contributed by atoms with Crippen molar-refractivity contribution in [2.75, 3.05) is 18.9 Å². The smallest absolute Gasteiger partial charge is 0.238 e. The lowest BCUT2D eigenvalue weighted by atomic mass is 10.2. The van der Waals surface area contributed by atoms with Gasteiger partial charge in [-0.2, -0.15) is 0 Å². The van der Waals surface area contributed by atoms with Crippen LogP contribution in [0.25, 0.3) is 0 Å². The van der Waals surface area contributed by atoms with Gasteiger partial charge in [0, 0.05) is 22.3 Å². The maximum atomic E-state index is 12.2. The highest BCUT2D eigenvalue weighted by molar-refractivity contribution is 9.10. The first-order valence-corrected chi connectivity index (χ1v) is 7.82. The Balaban J connectivity index is 1.94. The minimum atomic E-state index is -0.0420. The lowest BCUT2D eigenvalue weighted by molar-refractivity contribution is -0.117. The Morgan fingerprint density at radius 3 is 2.68 bits per heavy atom. The minimum Gasteiger partial charge on any atom is -0.361 e. The van der Waals surface area contributed by atoms with Gasteiger partial charge >= 0.3 is 0 Å². The van der Waals surface area contributed by atoms with E-state index < -0.39 is 0 Å². The number of carbonyl (C=O) groups excluding carboxylic acids is 1. The fourth-order valence-corrected chi connectivity index (χ4v) is 2.73. The number of nitrogens with one attached hydrogen (secondary N) is 1. The van der Waals surface area contributed by atoms with Gasteiger partial charge in [-0.05, 0) is 51.6 Å². The van der Waals surface area contributed by atoms with Gasteiger partial charge in [0.25, 0.3) is 0 Å². The van der Waals surface area contributed by atoms with Crippen LogP contribution in [0.5, 0.6) is 0 Å². The van der Waals surface area contributed by atoms with Gasteiger partial charge < -0.3 is 9.84 Å². The molecule has 1 heterocycles. The lowest BCUT2D eigenvalue weighted by Crippen LogP contribution is -2.30. The highest BCUT2D eigenvalue weighted by atomic mass is 79.9. The molecule has 1 N–H and O–H groups in total. The zero-order chi connectivity index (χ0) is 16.3. The molecule has 0 radical (unpaired) electrons. The number of halogens is 1. The second-order valence-corrected chi connectivity index (χ2v) is 6.40. The average molecular weight is 366 g/mol. The summed E-state index contributed by atoms with van der Waals surface area (Å²) in [5.74, 6) is 0.758. The molecule has 1 aromatic heterocycles. The summed E-state index contributed by atoms with van der Waals surface area (Å²) in [5.41, 5.74) is 3.76.